The van der Waals surface area contributed by atoms with E-state index in [0.717, 1.165) is 30.3 Å². The maximum Gasteiger partial charge on any atom is 0.244 e. The van der Waals surface area contributed by atoms with Crippen LogP contribution in [0.2, 0.25) is 5.02 Å². The van der Waals surface area contributed by atoms with Gasteiger partial charge in [-0.05, 0) is 45.0 Å². The Balaban J connectivity index is 0.00000338. The molecule has 0 radical (unpaired) electrons. The number of aliphatic imine (C=N–C) groups is 1. The van der Waals surface area contributed by atoms with Crippen LogP contribution in [0, 0.1) is 0 Å². The number of rotatable bonds is 5. The first-order valence-corrected chi connectivity index (χ1v) is 9.20. The number of hydrogen-bond acceptors (Lipinski definition) is 3. The predicted octanol–water partition coefficient (Wildman–Crippen LogP) is 2.57. The molecule has 0 aliphatic carbocycles. The van der Waals surface area contributed by atoms with Crippen LogP contribution in [0.25, 0.3) is 0 Å². The van der Waals surface area contributed by atoms with E-state index in [1.165, 1.54) is 0 Å². The average molecular weight is 494 g/mol. The molecule has 0 aromatic heterocycles. The van der Waals surface area contributed by atoms with Gasteiger partial charge >= 0.3 is 0 Å². The van der Waals surface area contributed by atoms with Crippen molar-refractivity contribution in [1.29, 1.82) is 0 Å². The van der Waals surface area contributed by atoms with Gasteiger partial charge in [0, 0.05) is 49.5 Å². The van der Waals surface area contributed by atoms with E-state index in [-0.39, 0.29) is 42.5 Å². The lowest BCUT2D eigenvalue weighted by molar-refractivity contribution is -0.129. The molecule has 0 bridgehead atoms. The van der Waals surface area contributed by atoms with E-state index in [1.54, 1.807) is 0 Å². The fraction of sp³-hybridized carbons (Fsp3) is 0.556. The molecule has 2 rings (SSSR count). The zero-order valence-corrected chi connectivity index (χ0v) is 18.8. The highest BCUT2D eigenvalue weighted by molar-refractivity contribution is 14.0. The number of hydrogen-bond donors (Lipinski definition) is 2. The number of carbonyl (C=O) groups excluding carboxylic acids is 1. The van der Waals surface area contributed by atoms with Crippen molar-refractivity contribution in [2.45, 2.75) is 26.8 Å². The molecule has 6 nitrogen and oxygen atoms in total. The first kappa shape index (κ1) is 22.8. The summed E-state index contributed by atoms with van der Waals surface area (Å²) in [6, 6.07) is 8.10. The van der Waals surface area contributed by atoms with Gasteiger partial charge in [0.2, 0.25) is 5.91 Å². The van der Waals surface area contributed by atoms with Gasteiger partial charge in [-0.3, -0.25) is 4.79 Å². The number of benzene rings is 1. The van der Waals surface area contributed by atoms with Crippen LogP contribution in [0.1, 0.15) is 20.8 Å². The largest absolute Gasteiger partial charge is 0.368 e. The lowest BCUT2D eigenvalue weighted by Gasteiger charge is -2.36. The average Bonchev–Trinajstić information content (AvgIpc) is 2.60. The van der Waals surface area contributed by atoms with Gasteiger partial charge in [-0.2, -0.15) is 0 Å². The molecule has 0 saturated carbocycles. The molecular weight excluding hydrogens is 465 g/mol. The smallest absolute Gasteiger partial charge is 0.244 e. The minimum Gasteiger partial charge on any atom is -0.368 e. The summed E-state index contributed by atoms with van der Waals surface area (Å²) < 4.78 is 0. The molecule has 2 N–H and O–H groups in total. The van der Waals surface area contributed by atoms with E-state index in [1.807, 2.05) is 49.9 Å². The number of halogens is 2. The van der Waals surface area contributed by atoms with Crippen LogP contribution in [-0.2, 0) is 4.79 Å². The standard InChI is InChI=1S/C18H28ClN5O.HI/c1-4-20-18(22-14(2)3)21-13-17(25)24-11-9-23(10-12-24)16-7-5-15(19)6-8-16;/h5-8,14H,4,9-13H2,1-3H3,(H2,20,21,22);1H. The molecule has 0 atom stereocenters. The minimum atomic E-state index is 0. The highest BCUT2D eigenvalue weighted by Crippen LogP contribution is 2.19. The van der Waals surface area contributed by atoms with Crippen molar-refractivity contribution < 1.29 is 4.79 Å². The van der Waals surface area contributed by atoms with Crippen molar-refractivity contribution in [2.75, 3.05) is 44.2 Å². The SMILES string of the molecule is CCNC(=NCC(=O)N1CCN(c2ccc(Cl)cc2)CC1)NC(C)C.I. The molecule has 26 heavy (non-hydrogen) atoms. The molecule has 1 saturated heterocycles. The van der Waals surface area contributed by atoms with Crippen molar-refractivity contribution in [3.8, 4) is 0 Å². The summed E-state index contributed by atoms with van der Waals surface area (Å²) in [6.07, 6.45) is 0. The summed E-state index contributed by atoms with van der Waals surface area (Å²) in [7, 11) is 0. The van der Waals surface area contributed by atoms with Crippen LogP contribution in [0.4, 0.5) is 5.69 Å². The quantitative estimate of drug-likeness (QED) is 0.376. The Morgan fingerprint density at radius 1 is 1.19 bits per heavy atom. The summed E-state index contributed by atoms with van der Waals surface area (Å²) in [5.41, 5.74) is 1.14. The van der Waals surface area contributed by atoms with Crippen LogP contribution in [-0.4, -0.2) is 62.1 Å². The van der Waals surface area contributed by atoms with Crippen molar-refractivity contribution >= 4 is 53.1 Å². The molecule has 0 unspecified atom stereocenters. The summed E-state index contributed by atoms with van der Waals surface area (Å²) >= 11 is 5.94. The maximum atomic E-state index is 12.4. The fourth-order valence-electron chi connectivity index (χ4n) is 2.71. The third kappa shape index (κ3) is 7.19. The molecule has 1 heterocycles. The second-order valence-electron chi connectivity index (χ2n) is 6.34. The molecule has 1 aliphatic rings. The first-order chi connectivity index (χ1) is 12.0. The van der Waals surface area contributed by atoms with Gasteiger partial charge in [0.15, 0.2) is 5.96 Å². The van der Waals surface area contributed by atoms with E-state index in [9.17, 15) is 4.79 Å². The van der Waals surface area contributed by atoms with Gasteiger partial charge in [-0.15, -0.1) is 24.0 Å². The van der Waals surface area contributed by atoms with Crippen molar-refractivity contribution in [3.63, 3.8) is 0 Å². The topological polar surface area (TPSA) is 60.0 Å². The number of piperazine rings is 1. The van der Waals surface area contributed by atoms with Gasteiger partial charge in [0.25, 0.3) is 0 Å². The molecule has 1 aromatic carbocycles. The molecule has 1 aliphatic heterocycles. The summed E-state index contributed by atoms with van der Waals surface area (Å²) in [5.74, 6) is 0.752. The van der Waals surface area contributed by atoms with Gasteiger partial charge in [-0.25, -0.2) is 4.99 Å². The molecule has 0 spiro atoms. The highest BCUT2D eigenvalue weighted by atomic mass is 127. The highest BCUT2D eigenvalue weighted by Gasteiger charge is 2.21. The van der Waals surface area contributed by atoms with E-state index < -0.39 is 0 Å². The number of carbonyl (C=O) groups is 1. The van der Waals surface area contributed by atoms with Crippen LogP contribution in [0.5, 0.6) is 0 Å². The van der Waals surface area contributed by atoms with Crippen molar-refractivity contribution in [1.82, 2.24) is 15.5 Å². The van der Waals surface area contributed by atoms with Crippen molar-refractivity contribution in [2.24, 2.45) is 4.99 Å². The Hall–Kier alpha value is -1.22. The second-order valence-corrected chi connectivity index (χ2v) is 6.77. The lowest BCUT2D eigenvalue weighted by atomic mass is 10.2. The van der Waals surface area contributed by atoms with E-state index in [0.29, 0.717) is 19.0 Å². The van der Waals surface area contributed by atoms with Crippen molar-refractivity contribution in [3.05, 3.63) is 29.3 Å². The Morgan fingerprint density at radius 2 is 1.81 bits per heavy atom. The number of nitrogens with one attached hydrogen (secondary N) is 2. The maximum absolute atomic E-state index is 12.4. The number of amides is 1. The van der Waals surface area contributed by atoms with Gasteiger partial charge < -0.3 is 20.4 Å². The summed E-state index contributed by atoms with van der Waals surface area (Å²) in [5, 5.41) is 7.11. The number of nitrogens with zero attached hydrogens (tertiary/aromatic N) is 3. The predicted molar refractivity (Wildman–Crippen MR) is 120 cm³/mol. The Kier molecular flexibility index (Phi) is 10.1. The summed E-state index contributed by atoms with van der Waals surface area (Å²) in [6.45, 7) is 10.1. The van der Waals surface area contributed by atoms with Gasteiger partial charge in [0.1, 0.15) is 6.54 Å². The molecule has 1 aromatic rings. The first-order valence-electron chi connectivity index (χ1n) is 8.82. The minimum absolute atomic E-state index is 0. The molecular formula is C18H29ClIN5O. The third-order valence-electron chi connectivity index (χ3n) is 3.97. The van der Waals surface area contributed by atoms with E-state index >= 15 is 0 Å². The number of guanidine groups is 1. The molecule has 1 amide bonds. The van der Waals surface area contributed by atoms with E-state index in [4.69, 9.17) is 11.6 Å². The Bertz CT molecular complexity index is 586. The monoisotopic (exact) mass is 493 g/mol. The normalized spacial score (nSPS) is 14.9. The Labute approximate surface area is 178 Å². The van der Waals surface area contributed by atoms with E-state index in [2.05, 4.69) is 20.5 Å². The number of anilines is 1. The third-order valence-corrected chi connectivity index (χ3v) is 4.22. The second kappa shape index (κ2) is 11.5. The molecule has 8 heteroatoms. The van der Waals surface area contributed by atoms with Crippen LogP contribution >= 0.6 is 35.6 Å². The zero-order chi connectivity index (χ0) is 18.2. The van der Waals surface area contributed by atoms with Crippen LogP contribution in [0.3, 0.4) is 0 Å². The van der Waals surface area contributed by atoms with Gasteiger partial charge in [0.05, 0.1) is 0 Å². The van der Waals surface area contributed by atoms with Crippen LogP contribution < -0.4 is 15.5 Å². The van der Waals surface area contributed by atoms with Crippen LogP contribution in [0.15, 0.2) is 29.3 Å². The van der Waals surface area contributed by atoms with Gasteiger partial charge in [-0.1, -0.05) is 11.6 Å². The fourth-order valence-corrected chi connectivity index (χ4v) is 2.83. The Morgan fingerprint density at radius 3 is 2.35 bits per heavy atom. The molecule has 1 fully saturated rings. The summed E-state index contributed by atoms with van der Waals surface area (Å²) in [4.78, 5) is 21.0. The zero-order valence-electron chi connectivity index (χ0n) is 15.7. The molecule has 146 valence electrons. The lowest BCUT2D eigenvalue weighted by Crippen LogP contribution is -2.49.